The molecule has 0 radical (unpaired) electrons. The van der Waals surface area contributed by atoms with Gasteiger partial charge in [-0.05, 0) is 49.6 Å². The number of halogens is 2. The van der Waals surface area contributed by atoms with E-state index in [0.717, 1.165) is 47.3 Å². The molecule has 7 nitrogen and oxygen atoms in total. The third-order valence-electron chi connectivity index (χ3n) is 4.21. The highest BCUT2D eigenvalue weighted by Gasteiger charge is 2.05. The Hall–Kier alpha value is -2.20. The predicted octanol–water partition coefficient (Wildman–Crippen LogP) is 3.46. The van der Waals surface area contributed by atoms with Gasteiger partial charge in [-0.3, -0.25) is 4.99 Å². The van der Waals surface area contributed by atoms with Crippen LogP contribution in [-0.4, -0.2) is 39.3 Å². The zero-order chi connectivity index (χ0) is 19.9. The van der Waals surface area contributed by atoms with Crippen LogP contribution in [0.2, 0.25) is 5.15 Å². The summed E-state index contributed by atoms with van der Waals surface area (Å²) in [7, 11) is 1.75. The zero-order valence-corrected chi connectivity index (χ0v) is 19.8. The minimum atomic E-state index is 0. The molecule has 9 heteroatoms. The summed E-state index contributed by atoms with van der Waals surface area (Å²) in [6, 6.07) is 9.82. The van der Waals surface area contributed by atoms with Crippen LogP contribution < -0.4 is 10.6 Å². The maximum absolute atomic E-state index is 5.81. The van der Waals surface area contributed by atoms with Crippen molar-refractivity contribution in [2.45, 2.75) is 26.8 Å². The zero-order valence-electron chi connectivity index (χ0n) is 16.7. The highest BCUT2D eigenvalue weighted by atomic mass is 127. The Morgan fingerprint density at radius 1 is 1.07 bits per heavy atom. The van der Waals surface area contributed by atoms with Gasteiger partial charge in [-0.1, -0.05) is 23.7 Å². The number of aliphatic imine (C=N–C) groups is 1. The molecule has 3 rings (SSSR count). The molecule has 0 saturated heterocycles. The summed E-state index contributed by atoms with van der Waals surface area (Å²) in [5, 5.41) is 11.6. The van der Waals surface area contributed by atoms with E-state index in [0.29, 0.717) is 11.7 Å². The topological polar surface area (TPSA) is 80.0 Å². The summed E-state index contributed by atoms with van der Waals surface area (Å²) in [6.07, 6.45) is 4.48. The molecule has 3 aromatic rings. The van der Waals surface area contributed by atoms with Crippen LogP contribution in [0.25, 0.3) is 5.82 Å². The number of pyridine rings is 2. The van der Waals surface area contributed by atoms with Crippen molar-refractivity contribution in [2.75, 3.05) is 13.6 Å². The van der Waals surface area contributed by atoms with Crippen LogP contribution in [-0.2, 0) is 13.0 Å². The first kappa shape index (κ1) is 23.1. The first-order valence-electron chi connectivity index (χ1n) is 9.08. The molecule has 0 aliphatic carbocycles. The van der Waals surface area contributed by atoms with Gasteiger partial charge in [0.2, 0.25) is 0 Å². The summed E-state index contributed by atoms with van der Waals surface area (Å²) in [6.45, 7) is 5.38. The molecule has 3 heterocycles. The van der Waals surface area contributed by atoms with Crippen LogP contribution >= 0.6 is 35.6 Å². The van der Waals surface area contributed by atoms with Gasteiger partial charge in [0.25, 0.3) is 0 Å². The van der Waals surface area contributed by atoms with Gasteiger partial charge >= 0.3 is 0 Å². The van der Waals surface area contributed by atoms with Crippen molar-refractivity contribution in [1.29, 1.82) is 0 Å². The molecular formula is C20H25ClIN7. The van der Waals surface area contributed by atoms with Gasteiger partial charge in [-0.15, -0.1) is 24.0 Å². The van der Waals surface area contributed by atoms with Crippen LogP contribution in [0.15, 0.2) is 47.7 Å². The van der Waals surface area contributed by atoms with E-state index in [1.807, 2.05) is 49.0 Å². The Morgan fingerprint density at radius 2 is 1.83 bits per heavy atom. The highest BCUT2D eigenvalue weighted by Crippen LogP contribution is 2.10. The third kappa shape index (κ3) is 6.67. The lowest BCUT2D eigenvalue weighted by Crippen LogP contribution is -2.37. The molecule has 2 N–H and O–H groups in total. The molecule has 0 bridgehead atoms. The fourth-order valence-corrected chi connectivity index (χ4v) is 2.91. The lowest BCUT2D eigenvalue weighted by atomic mass is 10.2. The van der Waals surface area contributed by atoms with Crippen LogP contribution in [0.3, 0.4) is 0 Å². The number of nitrogens with zero attached hydrogens (tertiary/aromatic N) is 5. The van der Waals surface area contributed by atoms with Gasteiger partial charge in [-0.2, -0.15) is 5.10 Å². The summed E-state index contributed by atoms with van der Waals surface area (Å²) in [5.41, 5.74) is 4.23. The van der Waals surface area contributed by atoms with Crippen molar-refractivity contribution in [3.8, 4) is 5.82 Å². The van der Waals surface area contributed by atoms with E-state index in [-0.39, 0.29) is 24.0 Å². The van der Waals surface area contributed by atoms with Gasteiger partial charge in [0, 0.05) is 38.2 Å². The van der Waals surface area contributed by atoms with Crippen molar-refractivity contribution in [3.05, 3.63) is 70.4 Å². The molecule has 0 atom stereocenters. The monoisotopic (exact) mass is 525 g/mol. The summed E-state index contributed by atoms with van der Waals surface area (Å²) < 4.78 is 1.85. The molecule has 0 aliphatic heterocycles. The van der Waals surface area contributed by atoms with Crippen LogP contribution in [0, 0.1) is 13.8 Å². The van der Waals surface area contributed by atoms with Crippen LogP contribution in [0.4, 0.5) is 0 Å². The van der Waals surface area contributed by atoms with Crippen LogP contribution in [0.1, 0.15) is 22.5 Å². The number of hydrogen-bond donors (Lipinski definition) is 2. The average molecular weight is 526 g/mol. The quantitative estimate of drug-likeness (QED) is 0.223. The SMILES string of the molecule is CN=C(NCCc1ccc(Cl)nc1)NCc1ccc(-n2nc(C)cc2C)nc1.I. The number of aromatic nitrogens is 4. The number of aryl methyl sites for hydroxylation is 2. The molecular weight excluding hydrogens is 501 g/mol. The molecule has 0 aromatic carbocycles. The number of guanidine groups is 1. The van der Waals surface area contributed by atoms with Crippen molar-refractivity contribution in [1.82, 2.24) is 30.4 Å². The molecule has 0 aliphatic rings. The summed E-state index contributed by atoms with van der Waals surface area (Å²) in [4.78, 5) is 12.9. The standard InChI is InChI=1S/C20H24ClN7.HI/c1-14-10-15(2)28(27-14)19-7-5-17(12-25-19)13-26-20(22-3)23-9-8-16-4-6-18(21)24-11-16;/h4-7,10-12H,8-9,13H2,1-3H3,(H2,22,23,26);1H. The molecule has 0 unspecified atom stereocenters. The number of nitrogens with one attached hydrogen (secondary N) is 2. The number of rotatable bonds is 6. The maximum Gasteiger partial charge on any atom is 0.191 e. The second kappa shape index (κ2) is 11.1. The van der Waals surface area contributed by atoms with E-state index in [1.54, 1.807) is 19.3 Å². The molecule has 0 fully saturated rings. The van der Waals surface area contributed by atoms with Crippen molar-refractivity contribution in [2.24, 2.45) is 4.99 Å². The van der Waals surface area contributed by atoms with Crippen molar-refractivity contribution in [3.63, 3.8) is 0 Å². The Kier molecular flexibility index (Phi) is 8.84. The Bertz CT molecular complexity index is 936. The summed E-state index contributed by atoms with van der Waals surface area (Å²) >= 11 is 5.81. The van der Waals surface area contributed by atoms with Gasteiger partial charge in [-0.25, -0.2) is 14.6 Å². The van der Waals surface area contributed by atoms with E-state index in [1.165, 1.54) is 0 Å². The fourth-order valence-electron chi connectivity index (χ4n) is 2.79. The lowest BCUT2D eigenvalue weighted by Gasteiger charge is -2.12. The largest absolute Gasteiger partial charge is 0.356 e. The molecule has 29 heavy (non-hydrogen) atoms. The van der Waals surface area contributed by atoms with Gasteiger partial charge in [0.15, 0.2) is 11.8 Å². The van der Waals surface area contributed by atoms with Crippen molar-refractivity contribution < 1.29 is 0 Å². The Morgan fingerprint density at radius 3 is 2.41 bits per heavy atom. The van der Waals surface area contributed by atoms with Crippen molar-refractivity contribution >= 4 is 41.5 Å². The van der Waals surface area contributed by atoms with E-state index >= 15 is 0 Å². The minimum absolute atomic E-state index is 0. The average Bonchev–Trinajstić information content (AvgIpc) is 3.04. The fraction of sp³-hybridized carbons (Fsp3) is 0.300. The normalized spacial score (nSPS) is 11.1. The molecule has 0 spiro atoms. The molecule has 0 saturated carbocycles. The first-order chi connectivity index (χ1) is 13.5. The predicted molar refractivity (Wildman–Crippen MR) is 127 cm³/mol. The Balaban J connectivity index is 0.00000300. The van der Waals surface area contributed by atoms with Crippen LogP contribution in [0.5, 0.6) is 0 Å². The third-order valence-corrected chi connectivity index (χ3v) is 4.44. The van der Waals surface area contributed by atoms with E-state index < -0.39 is 0 Å². The molecule has 0 amide bonds. The molecule has 154 valence electrons. The van der Waals surface area contributed by atoms with Gasteiger partial charge in [0.05, 0.1) is 5.69 Å². The smallest absolute Gasteiger partial charge is 0.191 e. The minimum Gasteiger partial charge on any atom is -0.356 e. The Labute approximate surface area is 193 Å². The lowest BCUT2D eigenvalue weighted by molar-refractivity contribution is 0.783. The van der Waals surface area contributed by atoms with E-state index in [4.69, 9.17) is 11.6 Å². The first-order valence-corrected chi connectivity index (χ1v) is 9.46. The summed E-state index contributed by atoms with van der Waals surface area (Å²) in [5.74, 6) is 1.55. The van der Waals surface area contributed by atoms with Gasteiger partial charge < -0.3 is 10.6 Å². The maximum atomic E-state index is 5.81. The van der Waals surface area contributed by atoms with E-state index in [9.17, 15) is 0 Å². The van der Waals surface area contributed by atoms with Gasteiger partial charge in [0.1, 0.15) is 5.15 Å². The van der Waals surface area contributed by atoms with E-state index in [2.05, 4.69) is 30.7 Å². The molecule has 3 aromatic heterocycles. The number of hydrogen-bond acceptors (Lipinski definition) is 4. The second-order valence-corrected chi connectivity index (χ2v) is 6.84. The highest BCUT2D eigenvalue weighted by molar-refractivity contribution is 14.0. The second-order valence-electron chi connectivity index (χ2n) is 6.46.